The predicted molar refractivity (Wildman–Crippen MR) is 414 cm³/mol. The highest BCUT2D eigenvalue weighted by Gasteiger charge is 2.30. The maximum absolute atomic E-state index is 13.1. The molecule has 5 atom stereocenters. The van der Waals surface area contributed by atoms with Gasteiger partial charge in [0.05, 0.1) is 26.4 Å². The van der Waals surface area contributed by atoms with Crippen molar-refractivity contribution >= 4 is 39.5 Å². The molecule has 3 N–H and O–H groups in total. The first-order valence-electron chi connectivity index (χ1n) is 42.5. The summed E-state index contributed by atoms with van der Waals surface area (Å²) in [6.45, 7) is 9.63. The average molecular weight is 1480 g/mol. The van der Waals surface area contributed by atoms with E-state index < -0.39 is 97.5 Å². The number of carbonyl (C=O) groups excluding carboxylic acids is 4. The lowest BCUT2D eigenvalue weighted by atomic mass is 10.0. The van der Waals surface area contributed by atoms with Crippen LogP contribution in [0.4, 0.5) is 0 Å². The predicted octanol–water partition coefficient (Wildman–Crippen LogP) is 24.7. The average Bonchev–Trinajstić information content (AvgIpc) is 0.988. The Hall–Kier alpha value is -1.94. The molecule has 0 aliphatic rings. The molecule has 600 valence electrons. The fourth-order valence-electron chi connectivity index (χ4n) is 12.7. The normalized spacial score (nSPS) is 13.9. The Morgan fingerprint density at radius 1 is 0.267 bits per heavy atom. The van der Waals surface area contributed by atoms with Gasteiger partial charge in [-0.2, -0.15) is 0 Å². The fraction of sp³-hybridized carbons (Fsp3) is 0.951. The van der Waals surface area contributed by atoms with Gasteiger partial charge in [-0.1, -0.05) is 382 Å². The van der Waals surface area contributed by atoms with E-state index in [4.69, 9.17) is 37.0 Å². The van der Waals surface area contributed by atoms with Crippen LogP contribution in [-0.4, -0.2) is 96.7 Å². The second kappa shape index (κ2) is 73.6. The third-order valence-electron chi connectivity index (χ3n) is 19.2. The molecule has 0 fully saturated rings. The topological polar surface area (TPSA) is 237 Å². The molecule has 19 heteroatoms. The van der Waals surface area contributed by atoms with Crippen molar-refractivity contribution in [3.63, 3.8) is 0 Å². The molecule has 0 bridgehead atoms. The monoisotopic (exact) mass is 1480 g/mol. The lowest BCUT2D eigenvalue weighted by Gasteiger charge is -2.21. The molecule has 0 aromatic rings. The van der Waals surface area contributed by atoms with Crippen LogP contribution in [0, 0.1) is 11.8 Å². The number of phosphoric ester groups is 2. The van der Waals surface area contributed by atoms with E-state index in [9.17, 15) is 43.2 Å². The number of carbonyl (C=O) groups is 4. The van der Waals surface area contributed by atoms with Gasteiger partial charge in [0.1, 0.15) is 19.3 Å². The van der Waals surface area contributed by atoms with Gasteiger partial charge in [-0.05, 0) is 37.5 Å². The van der Waals surface area contributed by atoms with Crippen LogP contribution >= 0.6 is 15.6 Å². The van der Waals surface area contributed by atoms with Gasteiger partial charge >= 0.3 is 39.5 Å². The Labute approximate surface area is 619 Å². The number of ether oxygens (including phenoxy) is 4. The van der Waals surface area contributed by atoms with Gasteiger partial charge in [-0.3, -0.25) is 37.3 Å². The van der Waals surface area contributed by atoms with E-state index >= 15 is 0 Å². The highest BCUT2D eigenvalue weighted by Crippen LogP contribution is 2.45. The Morgan fingerprint density at radius 3 is 0.673 bits per heavy atom. The zero-order chi connectivity index (χ0) is 74.2. The summed E-state index contributed by atoms with van der Waals surface area (Å²) in [6, 6.07) is 0. The van der Waals surface area contributed by atoms with E-state index in [1.54, 1.807) is 0 Å². The summed E-state index contributed by atoms with van der Waals surface area (Å²) in [5, 5.41) is 10.6. The van der Waals surface area contributed by atoms with Crippen LogP contribution in [0.3, 0.4) is 0 Å². The van der Waals surface area contributed by atoms with E-state index in [-0.39, 0.29) is 25.7 Å². The lowest BCUT2D eigenvalue weighted by molar-refractivity contribution is -0.161. The van der Waals surface area contributed by atoms with Gasteiger partial charge in [-0.25, -0.2) is 9.13 Å². The number of aliphatic hydroxyl groups is 1. The molecule has 0 aromatic heterocycles. The van der Waals surface area contributed by atoms with E-state index in [1.807, 2.05) is 0 Å². The molecule has 0 aliphatic carbocycles. The molecular weight excluding hydrogens is 1320 g/mol. The molecule has 0 amide bonds. The number of esters is 4. The van der Waals surface area contributed by atoms with Crippen molar-refractivity contribution in [2.45, 2.75) is 452 Å². The summed E-state index contributed by atoms with van der Waals surface area (Å²) in [5.74, 6) is -0.581. The van der Waals surface area contributed by atoms with Crippen molar-refractivity contribution in [1.82, 2.24) is 0 Å². The third-order valence-corrected chi connectivity index (χ3v) is 21.1. The van der Waals surface area contributed by atoms with Crippen LogP contribution in [0.2, 0.25) is 0 Å². The molecule has 0 rings (SSSR count). The first-order valence-corrected chi connectivity index (χ1v) is 45.5. The highest BCUT2D eigenvalue weighted by molar-refractivity contribution is 7.47. The Morgan fingerprint density at radius 2 is 0.455 bits per heavy atom. The molecular formula is C82H160O17P2. The number of aliphatic hydroxyl groups excluding tert-OH is 1. The molecule has 101 heavy (non-hydrogen) atoms. The van der Waals surface area contributed by atoms with E-state index in [2.05, 4.69) is 41.5 Å². The highest BCUT2D eigenvalue weighted by atomic mass is 31.2. The summed E-state index contributed by atoms with van der Waals surface area (Å²) in [4.78, 5) is 73.0. The number of rotatable bonds is 81. The SMILES string of the molecule is CCCCCCCCCCCCCCCCCC(=O)OC[C@H](COP(=O)(O)OC[C@@H](O)COP(=O)(O)OC[C@@H](COC(=O)CCCCCCCCCC(C)C)OC(=O)CCCCCCCCCCCCCCCCC)OC(=O)CCCCCCCCCCCCCCCCCCCCC(C)C. The maximum Gasteiger partial charge on any atom is 0.472 e. The summed E-state index contributed by atoms with van der Waals surface area (Å²) >= 11 is 0. The van der Waals surface area contributed by atoms with Crippen LogP contribution in [0.5, 0.6) is 0 Å². The van der Waals surface area contributed by atoms with E-state index in [0.717, 1.165) is 102 Å². The Kier molecular flexibility index (Phi) is 72.2. The second-order valence-electron chi connectivity index (χ2n) is 30.5. The standard InChI is InChI=1S/C82H160O17P2/c1-7-9-11-13-15-17-19-21-27-32-36-40-46-52-58-64-79(84)92-70-77(98-81(86)67-61-55-48-42-38-34-30-26-24-23-25-29-31-35-39-44-50-56-62-74(3)4)72-96-100(88,89)94-68-76(83)69-95-101(90,91)97-73-78(71-93-80(85)65-59-53-49-43-45-51-57-63-75(5)6)99-82(87)66-60-54-47-41-37-33-28-22-20-18-16-14-12-10-8-2/h74-78,83H,7-73H2,1-6H3,(H,88,89)(H,90,91)/t76-,77-,78-/m1/s1. The van der Waals surface area contributed by atoms with Crippen LogP contribution in [0.15, 0.2) is 0 Å². The van der Waals surface area contributed by atoms with Crippen LogP contribution in [0.25, 0.3) is 0 Å². The molecule has 17 nitrogen and oxygen atoms in total. The third kappa shape index (κ3) is 76.1. The fourth-order valence-corrected chi connectivity index (χ4v) is 14.3. The minimum absolute atomic E-state index is 0.108. The minimum atomic E-state index is -4.96. The van der Waals surface area contributed by atoms with Crippen molar-refractivity contribution in [3.05, 3.63) is 0 Å². The summed E-state index contributed by atoms with van der Waals surface area (Å²) in [5.41, 5.74) is 0. The van der Waals surface area contributed by atoms with Crippen molar-refractivity contribution in [3.8, 4) is 0 Å². The maximum atomic E-state index is 13.1. The van der Waals surface area contributed by atoms with E-state index in [1.165, 1.54) is 244 Å². The summed E-state index contributed by atoms with van der Waals surface area (Å²) < 4.78 is 68.7. The van der Waals surface area contributed by atoms with Crippen molar-refractivity contribution < 1.29 is 80.2 Å². The van der Waals surface area contributed by atoms with Gasteiger partial charge in [0.15, 0.2) is 12.2 Å². The van der Waals surface area contributed by atoms with Crippen molar-refractivity contribution in [1.29, 1.82) is 0 Å². The number of hydrogen-bond acceptors (Lipinski definition) is 15. The summed E-state index contributed by atoms with van der Waals surface area (Å²) in [6.07, 6.45) is 63.9. The molecule has 0 aliphatic heterocycles. The molecule has 0 heterocycles. The first-order chi connectivity index (χ1) is 48.9. The van der Waals surface area contributed by atoms with Crippen molar-refractivity contribution in [2.75, 3.05) is 39.6 Å². The van der Waals surface area contributed by atoms with E-state index in [0.29, 0.717) is 31.6 Å². The number of phosphoric acid groups is 2. The van der Waals surface area contributed by atoms with Gasteiger partial charge in [0.2, 0.25) is 0 Å². The van der Waals surface area contributed by atoms with Crippen LogP contribution in [-0.2, 0) is 65.4 Å². The van der Waals surface area contributed by atoms with Gasteiger partial charge in [0.25, 0.3) is 0 Å². The van der Waals surface area contributed by atoms with Gasteiger partial charge in [0, 0.05) is 25.7 Å². The van der Waals surface area contributed by atoms with Gasteiger partial charge in [-0.15, -0.1) is 0 Å². The molecule has 0 radical (unpaired) electrons. The van der Waals surface area contributed by atoms with Crippen molar-refractivity contribution in [2.24, 2.45) is 11.8 Å². The molecule has 0 saturated heterocycles. The summed E-state index contributed by atoms with van der Waals surface area (Å²) in [7, 11) is -9.92. The number of unbranched alkanes of at least 4 members (excludes halogenated alkanes) is 51. The zero-order valence-electron chi connectivity index (χ0n) is 66.2. The number of hydrogen-bond donors (Lipinski definition) is 3. The smallest absolute Gasteiger partial charge is 0.462 e. The van der Waals surface area contributed by atoms with Crippen LogP contribution in [0.1, 0.15) is 433 Å². The molecule has 0 spiro atoms. The lowest BCUT2D eigenvalue weighted by Crippen LogP contribution is -2.30. The molecule has 0 aromatic carbocycles. The Bertz CT molecular complexity index is 1940. The van der Waals surface area contributed by atoms with Gasteiger partial charge < -0.3 is 33.8 Å². The first kappa shape index (κ1) is 99.1. The minimum Gasteiger partial charge on any atom is -0.462 e. The largest absolute Gasteiger partial charge is 0.472 e. The van der Waals surface area contributed by atoms with Crippen LogP contribution < -0.4 is 0 Å². The zero-order valence-corrected chi connectivity index (χ0v) is 68.0. The molecule has 2 unspecified atom stereocenters. The molecule has 0 saturated carbocycles. The second-order valence-corrected chi connectivity index (χ2v) is 33.4. The quantitative estimate of drug-likeness (QED) is 0.0222. The Balaban J connectivity index is 5.22.